The maximum Gasteiger partial charge on any atom is 0.167 e. The normalized spacial score (nSPS) is 14.9. The molecule has 3 rings (SSSR count). The summed E-state index contributed by atoms with van der Waals surface area (Å²) >= 11 is 0. The maximum absolute atomic E-state index is 12.3. The number of hydrogen-bond donors (Lipinski definition) is 0. The number of carbonyl (C=O) groups excluding carboxylic acids is 1. The van der Waals surface area contributed by atoms with Crippen molar-refractivity contribution in [1.82, 2.24) is 4.98 Å². The Morgan fingerprint density at radius 1 is 1.16 bits per heavy atom. The SMILES string of the molecule is O=C(Cc1ccncc1)c1cccc(C2CCC2)c1. The second-order valence-electron chi connectivity index (χ2n) is 5.21. The fraction of sp³-hybridized carbons (Fsp3) is 0.294. The van der Waals surface area contributed by atoms with Crippen LogP contribution in [0.15, 0.2) is 48.8 Å². The van der Waals surface area contributed by atoms with Crippen LogP contribution in [0.3, 0.4) is 0 Å². The van der Waals surface area contributed by atoms with Crippen molar-refractivity contribution >= 4 is 5.78 Å². The lowest BCUT2D eigenvalue weighted by Gasteiger charge is -2.26. The van der Waals surface area contributed by atoms with Crippen molar-refractivity contribution < 1.29 is 4.79 Å². The molecular formula is C17H17NO. The van der Waals surface area contributed by atoms with Crippen molar-refractivity contribution in [2.24, 2.45) is 0 Å². The third-order valence-electron chi connectivity index (χ3n) is 3.90. The lowest BCUT2D eigenvalue weighted by Crippen LogP contribution is -2.10. The molecule has 2 nitrogen and oxygen atoms in total. The third kappa shape index (κ3) is 2.73. The van der Waals surface area contributed by atoms with E-state index in [1.807, 2.05) is 24.3 Å². The molecule has 2 aromatic rings. The minimum atomic E-state index is 0.187. The molecule has 0 amide bonds. The Bertz CT molecular complexity index is 573. The van der Waals surface area contributed by atoms with E-state index in [-0.39, 0.29) is 5.78 Å². The molecular weight excluding hydrogens is 234 g/mol. The van der Waals surface area contributed by atoms with Crippen LogP contribution in [0.5, 0.6) is 0 Å². The van der Waals surface area contributed by atoms with Gasteiger partial charge in [-0.1, -0.05) is 24.6 Å². The molecule has 1 aliphatic carbocycles. The number of nitrogens with zero attached hydrogens (tertiary/aromatic N) is 1. The quantitative estimate of drug-likeness (QED) is 0.774. The van der Waals surface area contributed by atoms with Crippen molar-refractivity contribution in [1.29, 1.82) is 0 Å². The first-order chi connectivity index (χ1) is 9.33. The summed E-state index contributed by atoms with van der Waals surface area (Å²) in [6.07, 6.45) is 7.77. The molecule has 1 saturated carbocycles. The molecule has 19 heavy (non-hydrogen) atoms. The minimum absolute atomic E-state index is 0.187. The van der Waals surface area contributed by atoms with Gasteiger partial charge in [-0.3, -0.25) is 9.78 Å². The van der Waals surface area contributed by atoms with Crippen molar-refractivity contribution in [3.05, 3.63) is 65.5 Å². The predicted molar refractivity (Wildman–Crippen MR) is 75.3 cm³/mol. The van der Waals surface area contributed by atoms with Gasteiger partial charge in [-0.15, -0.1) is 0 Å². The highest BCUT2D eigenvalue weighted by Gasteiger charge is 2.20. The molecule has 1 aromatic carbocycles. The highest BCUT2D eigenvalue weighted by Crippen LogP contribution is 2.36. The number of benzene rings is 1. The number of ketones is 1. The number of aromatic nitrogens is 1. The van der Waals surface area contributed by atoms with E-state index >= 15 is 0 Å². The van der Waals surface area contributed by atoms with Gasteiger partial charge in [-0.2, -0.15) is 0 Å². The van der Waals surface area contributed by atoms with Crippen LogP contribution in [0, 0.1) is 0 Å². The molecule has 0 N–H and O–H groups in total. The van der Waals surface area contributed by atoms with Gasteiger partial charge < -0.3 is 0 Å². The summed E-state index contributed by atoms with van der Waals surface area (Å²) in [4.78, 5) is 16.2. The molecule has 0 atom stereocenters. The summed E-state index contributed by atoms with van der Waals surface area (Å²) in [5, 5.41) is 0. The predicted octanol–water partition coefficient (Wildman–Crippen LogP) is 3.77. The Kier molecular flexibility index (Phi) is 3.41. The topological polar surface area (TPSA) is 30.0 Å². The van der Waals surface area contributed by atoms with E-state index in [0.717, 1.165) is 11.1 Å². The number of Topliss-reactive ketones (excluding diaryl/α,β-unsaturated/α-hetero) is 1. The second kappa shape index (κ2) is 5.35. The minimum Gasteiger partial charge on any atom is -0.294 e. The van der Waals surface area contributed by atoms with E-state index < -0.39 is 0 Å². The summed E-state index contributed by atoms with van der Waals surface area (Å²) in [7, 11) is 0. The Labute approximate surface area is 113 Å². The lowest BCUT2D eigenvalue weighted by molar-refractivity contribution is 0.0993. The van der Waals surface area contributed by atoms with E-state index in [9.17, 15) is 4.79 Å². The largest absolute Gasteiger partial charge is 0.294 e. The zero-order chi connectivity index (χ0) is 13.1. The zero-order valence-electron chi connectivity index (χ0n) is 10.9. The average Bonchev–Trinajstić information content (AvgIpc) is 2.38. The van der Waals surface area contributed by atoms with E-state index in [1.54, 1.807) is 12.4 Å². The fourth-order valence-electron chi connectivity index (χ4n) is 2.50. The average molecular weight is 251 g/mol. The van der Waals surface area contributed by atoms with E-state index in [0.29, 0.717) is 12.3 Å². The molecule has 2 heteroatoms. The highest BCUT2D eigenvalue weighted by molar-refractivity contribution is 5.97. The summed E-state index contributed by atoms with van der Waals surface area (Å²) in [5.41, 5.74) is 3.18. The Hall–Kier alpha value is -1.96. The van der Waals surface area contributed by atoms with Crippen LogP contribution >= 0.6 is 0 Å². The van der Waals surface area contributed by atoms with E-state index in [2.05, 4.69) is 17.1 Å². The van der Waals surface area contributed by atoms with Crippen molar-refractivity contribution in [2.75, 3.05) is 0 Å². The summed E-state index contributed by atoms with van der Waals surface area (Å²) in [5.74, 6) is 0.862. The molecule has 0 saturated heterocycles. The van der Waals surface area contributed by atoms with Crippen LogP contribution in [0.1, 0.15) is 46.7 Å². The number of pyridine rings is 1. The smallest absolute Gasteiger partial charge is 0.167 e. The van der Waals surface area contributed by atoms with Gasteiger partial charge in [0.15, 0.2) is 5.78 Å². The van der Waals surface area contributed by atoms with Gasteiger partial charge in [0, 0.05) is 24.4 Å². The van der Waals surface area contributed by atoms with Crippen LogP contribution in [-0.2, 0) is 6.42 Å². The first kappa shape index (κ1) is 12.1. The maximum atomic E-state index is 12.3. The van der Waals surface area contributed by atoms with Gasteiger partial charge in [-0.05, 0) is 48.1 Å². The van der Waals surface area contributed by atoms with E-state index in [4.69, 9.17) is 0 Å². The molecule has 0 spiro atoms. The van der Waals surface area contributed by atoms with Crippen LogP contribution < -0.4 is 0 Å². The molecule has 1 fully saturated rings. The van der Waals surface area contributed by atoms with Crippen LogP contribution in [0.25, 0.3) is 0 Å². The van der Waals surface area contributed by atoms with Crippen molar-refractivity contribution in [3.63, 3.8) is 0 Å². The number of hydrogen-bond acceptors (Lipinski definition) is 2. The molecule has 96 valence electrons. The van der Waals surface area contributed by atoms with Crippen molar-refractivity contribution in [3.8, 4) is 0 Å². The Morgan fingerprint density at radius 3 is 2.63 bits per heavy atom. The summed E-state index contributed by atoms with van der Waals surface area (Å²) in [6, 6.07) is 11.9. The molecule has 0 unspecified atom stereocenters. The second-order valence-corrected chi connectivity index (χ2v) is 5.21. The Balaban J connectivity index is 1.76. The van der Waals surface area contributed by atoms with Gasteiger partial charge in [-0.25, -0.2) is 0 Å². The monoisotopic (exact) mass is 251 g/mol. The molecule has 1 aromatic heterocycles. The van der Waals surface area contributed by atoms with Gasteiger partial charge >= 0.3 is 0 Å². The molecule has 0 radical (unpaired) electrons. The first-order valence-electron chi connectivity index (χ1n) is 6.85. The highest BCUT2D eigenvalue weighted by atomic mass is 16.1. The fourth-order valence-corrected chi connectivity index (χ4v) is 2.50. The molecule has 0 aliphatic heterocycles. The summed E-state index contributed by atoms with van der Waals surface area (Å²) in [6.45, 7) is 0. The van der Waals surface area contributed by atoms with E-state index in [1.165, 1.54) is 24.8 Å². The lowest BCUT2D eigenvalue weighted by atomic mass is 9.79. The van der Waals surface area contributed by atoms with Gasteiger partial charge in [0.05, 0.1) is 0 Å². The van der Waals surface area contributed by atoms with Gasteiger partial charge in [0.1, 0.15) is 0 Å². The number of carbonyl (C=O) groups is 1. The van der Waals surface area contributed by atoms with Crippen LogP contribution in [0.4, 0.5) is 0 Å². The zero-order valence-corrected chi connectivity index (χ0v) is 10.9. The summed E-state index contributed by atoms with van der Waals surface area (Å²) < 4.78 is 0. The van der Waals surface area contributed by atoms with Gasteiger partial charge in [0.25, 0.3) is 0 Å². The molecule has 1 aliphatic rings. The molecule has 1 heterocycles. The standard InChI is InChI=1S/C17H17NO/c19-17(11-13-7-9-18-10-8-13)16-6-2-5-15(12-16)14-3-1-4-14/h2,5-10,12,14H,1,3-4,11H2. The van der Waals surface area contributed by atoms with Gasteiger partial charge in [0.2, 0.25) is 0 Å². The number of rotatable bonds is 4. The third-order valence-corrected chi connectivity index (χ3v) is 3.90. The van der Waals surface area contributed by atoms with Crippen molar-refractivity contribution in [2.45, 2.75) is 31.6 Å². The van der Waals surface area contributed by atoms with Crippen LogP contribution in [0.2, 0.25) is 0 Å². The van der Waals surface area contributed by atoms with Crippen LogP contribution in [-0.4, -0.2) is 10.8 Å². The first-order valence-corrected chi connectivity index (χ1v) is 6.85. The Morgan fingerprint density at radius 2 is 1.95 bits per heavy atom. The molecule has 0 bridgehead atoms.